The molecule has 0 aromatic heterocycles. The quantitative estimate of drug-likeness (QED) is 0.737. The van der Waals surface area contributed by atoms with Crippen LogP contribution in [0.2, 0.25) is 5.02 Å². The Morgan fingerprint density at radius 1 is 1.00 bits per heavy atom. The fourth-order valence-electron chi connectivity index (χ4n) is 1.40. The lowest BCUT2D eigenvalue weighted by atomic mass is 10.1. The molecule has 2 aromatic carbocycles. The highest BCUT2D eigenvalue weighted by atomic mass is 35.7. The summed E-state index contributed by atoms with van der Waals surface area (Å²) in [6, 6.07) is 10.3. The van der Waals surface area contributed by atoms with Crippen LogP contribution in [-0.2, 0) is 9.05 Å². The summed E-state index contributed by atoms with van der Waals surface area (Å²) in [5.74, 6) is 0. The Hall–Kier alpha value is -0.770. The molecule has 0 N–H and O–H groups in total. The normalized spacial score (nSPS) is 11.9. The molecule has 0 unspecified atom stereocenters. The SMILES string of the molecule is O=S(=O)(Cl)c1ccc2ccccc2c1Cl. The molecule has 0 fully saturated rings. The van der Waals surface area contributed by atoms with Crippen molar-refractivity contribution in [2.45, 2.75) is 4.90 Å². The van der Waals surface area contributed by atoms with Gasteiger partial charge >= 0.3 is 0 Å². The summed E-state index contributed by atoms with van der Waals surface area (Å²) in [4.78, 5) is -0.0514. The molecular weight excluding hydrogens is 255 g/mol. The van der Waals surface area contributed by atoms with Gasteiger partial charge in [-0.1, -0.05) is 41.9 Å². The van der Waals surface area contributed by atoms with Gasteiger partial charge in [-0.3, -0.25) is 0 Å². The Balaban J connectivity index is 2.88. The minimum absolute atomic E-state index is 0.0514. The van der Waals surface area contributed by atoms with E-state index >= 15 is 0 Å². The average Bonchev–Trinajstić information content (AvgIpc) is 2.16. The van der Waals surface area contributed by atoms with Gasteiger partial charge in [-0.2, -0.15) is 0 Å². The second-order valence-electron chi connectivity index (χ2n) is 3.04. The van der Waals surface area contributed by atoms with Crippen molar-refractivity contribution in [3.8, 4) is 0 Å². The molecule has 0 aliphatic rings. The van der Waals surface area contributed by atoms with Crippen LogP contribution in [0.3, 0.4) is 0 Å². The van der Waals surface area contributed by atoms with Crippen molar-refractivity contribution in [3.63, 3.8) is 0 Å². The Labute approximate surface area is 96.8 Å². The standard InChI is InChI=1S/C10H6Cl2O2S/c11-10-8-4-2-1-3-7(8)5-6-9(10)15(12,13)14/h1-6H. The number of benzene rings is 2. The summed E-state index contributed by atoms with van der Waals surface area (Å²) in [5.41, 5.74) is 0. The fourth-order valence-corrected chi connectivity index (χ4v) is 3.00. The molecule has 2 aromatic rings. The summed E-state index contributed by atoms with van der Waals surface area (Å²) in [6.07, 6.45) is 0. The van der Waals surface area contributed by atoms with Crippen LogP contribution >= 0.6 is 22.3 Å². The third kappa shape index (κ3) is 1.95. The zero-order valence-corrected chi connectivity index (χ0v) is 9.77. The lowest BCUT2D eigenvalue weighted by Gasteiger charge is -2.04. The molecule has 2 rings (SSSR count). The summed E-state index contributed by atoms with van der Waals surface area (Å²) < 4.78 is 22.4. The second kappa shape index (κ2) is 3.67. The number of hydrogen-bond donors (Lipinski definition) is 0. The Morgan fingerprint density at radius 3 is 2.33 bits per heavy atom. The molecule has 2 nitrogen and oxygen atoms in total. The van der Waals surface area contributed by atoms with E-state index in [2.05, 4.69) is 0 Å². The predicted octanol–water partition coefficient (Wildman–Crippen LogP) is 3.42. The van der Waals surface area contributed by atoms with Crippen molar-refractivity contribution in [2.24, 2.45) is 0 Å². The number of rotatable bonds is 1. The molecule has 0 spiro atoms. The summed E-state index contributed by atoms with van der Waals surface area (Å²) in [7, 11) is 1.47. The van der Waals surface area contributed by atoms with Crippen LogP contribution in [0, 0.1) is 0 Å². The van der Waals surface area contributed by atoms with Gasteiger partial charge in [-0.15, -0.1) is 0 Å². The molecule has 0 aliphatic heterocycles. The fraction of sp³-hybridized carbons (Fsp3) is 0. The number of halogens is 2. The highest BCUT2D eigenvalue weighted by molar-refractivity contribution is 8.13. The lowest BCUT2D eigenvalue weighted by Crippen LogP contribution is -1.92. The van der Waals surface area contributed by atoms with Gasteiger partial charge < -0.3 is 0 Å². The molecule has 0 bridgehead atoms. The largest absolute Gasteiger partial charge is 0.262 e. The minimum Gasteiger partial charge on any atom is -0.207 e. The van der Waals surface area contributed by atoms with Crippen LogP contribution in [0.5, 0.6) is 0 Å². The van der Waals surface area contributed by atoms with Gasteiger partial charge in [-0.25, -0.2) is 8.42 Å². The van der Waals surface area contributed by atoms with E-state index in [0.29, 0.717) is 5.39 Å². The maximum atomic E-state index is 11.2. The minimum atomic E-state index is -3.78. The highest BCUT2D eigenvalue weighted by Gasteiger charge is 2.16. The topological polar surface area (TPSA) is 34.1 Å². The third-order valence-corrected chi connectivity index (χ3v) is 3.97. The summed E-state index contributed by atoms with van der Waals surface area (Å²) >= 11 is 5.96. The molecule has 0 amide bonds. The van der Waals surface area contributed by atoms with Crippen LogP contribution in [0.15, 0.2) is 41.3 Å². The van der Waals surface area contributed by atoms with Crippen LogP contribution in [0.4, 0.5) is 0 Å². The Kier molecular flexibility index (Phi) is 2.63. The van der Waals surface area contributed by atoms with Gasteiger partial charge in [0.25, 0.3) is 9.05 Å². The number of hydrogen-bond acceptors (Lipinski definition) is 2. The smallest absolute Gasteiger partial charge is 0.207 e. The van der Waals surface area contributed by atoms with Gasteiger partial charge in [0.15, 0.2) is 0 Å². The van der Waals surface area contributed by atoms with Gasteiger partial charge in [0.1, 0.15) is 4.90 Å². The number of fused-ring (bicyclic) bond motifs is 1. The zero-order valence-electron chi connectivity index (χ0n) is 7.44. The zero-order chi connectivity index (χ0) is 11.1. The van der Waals surface area contributed by atoms with Crippen molar-refractivity contribution >= 4 is 42.1 Å². The molecule has 0 atom stereocenters. The maximum absolute atomic E-state index is 11.2. The Bertz CT molecular complexity index is 620. The summed E-state index contributed by atoms with van der Waals surface area (Å²) in [6.45, 7) is 0. The monoisotopic (exact) mass is 260 g/mol. The van der Waals surface area contributed by atoms with Crippen molar-refractivity contribution in [1.29, 1.82) is 0 Å². The molecule has 5 heteroatoms. The van der Waals surface area contributed by atoms with E-state index in [9.17, 15) is 8.42 Å². The van der Waals surface area contributed by atoms with Crippen LogP contribution in [0.1, 0.15) is 0 Å². The van der Waals surface area contributed by atoms with Crippen LogP contribution in [-0.4, -0.2) is 8.42 Å². The molecule has 15 heavy (non-hydrogen) atoms. The van der Waals surface area contributed by atoms with Gasteiger partial charge in [0.2, 0.25) is 0 Å². The third-order valence-electron chi connectivity index (χ3n) is 2.09. The van der Waals surface area contributed by atoms with Crippen molar-refractivity contribution in [3.05, 3.63) is 41.4 Å². The van der Waals surface area contributed by atoms with Gasteiger partial charge in [-0.05, 0) is 11.5 Å². The molecule has 78 valence electrons. The second-order valence-corrected chi connectivity index (χ2v) is 5.95. The van der Waals surface area contributed by atoms with Crippen LogP contribution in [0.25, 0.3) is 10.8 Å². The highest BCUT2D eigenvalue weighted by Crippen LogP contribution is 2.31. The van der Waals surface area contributed by atoms with Crippen LogP contribution < -0.4 is 0 Å². The molecular formula is C10H6Cl2O2S. The van der Waals surface area contributed by atoms with E-state index < -0.39 is 9.05 Å². The lowest BCUT2D eigenvalue weighted by molar-refractivity contribution is 0.610. The first-order valence-electron chi connectivity index (χ1n) is 4.12. The van der Waals surface area contributed by atoms with E-state index in [0.717, 1.165) is 5.39 Å². The molecule has 0 radical (unpaired) electrons. The maximum Gasteiger partial charge on any atom is 0.262 e. The first-order chi connectivity index (χ1) is 7.00. The molecule has 0 heterocycles. The van der Waals surface area contributed by atoms with E-state index in [1.807, 2.05) is 12.1 Å². The first kappa shape index (κ1) is 10.7. The predicted molar refractivity (Wildman–Crippen MR) is 62.0 cm³/mol. The van der Waals surface area contributed by atoms with Crippen molar-refractivity contribution in [1.82, 2.24) is 0 Å². The van der Waals surface area contributed by atoms with E-state index in [1.165, 1.54) is 6.07 Å². The van der Waals surface area contributed by atoms with E-state index in [-0.39, 0.29) is 9.92 Å². The van der Waals surface area contributed by atoms with E-state index in [1.54, 1.807) is 18.2 Å². The van der Waals surface area contributed by atoms with Gasteiger partial charge in [0.05, 0.1) is 5.02 Å². The molecule has 0 saturated heterocycles. The van der Waals surface area contributed by atoms with Crippen molar-refractivity contribution in [2.75, 3.05) is 0 Å². The van der Waals surface area contributed by atoms with Gasteiger partial charge in [0, 0.05) is 16.1 Å². The van der Waals surface area contributed by atoms with E-state index in [4.69, 9.17) is 22.3 Å². The van der Waals surface area contributed by atoms with Crippen molar-refractivity contribution < 1.29 is 8.42 Å². The first-order valence-corrected chi connectivity index (χ1v) is 6.81. The average molecular weight is 261 g/mol. The molecule has 0 aliphatic carbocycles. The molecule has 0 saturated carbocycles. The summed E-state index contributed by atoms with van der Waals surface area (Å²) in [5, 5.41) is 1.73. The Morgan fingerprint density at radius 2 is 1.67 bits per heavy atom.